The topological polar surface area (TPSA) is 55.1 Å². The number of hydrogen-bond donors (Lipinski definition) is 2. The zero-order valence-electron chi connectivity index (χ0n) is 9.86. The second kappa shape index (κ2) is 4.15. The number of amides is 1. The van der Waals surface area contributed by atoms with E-state index in [1.807, 2.05) is 18.2 Å². The van der Waals surface area contributed by atoms with E-state index in [1.54, 1.807) is 0 Å². The number of nitrogens with one attached hydrogen (secondary N) is 1. The molecule has 2 saturated carbocycles. The van der Waals surface area contributed by atoms with Gasteiger partial charge in [0.1, 0.15) is 6.04 Å². The molecule has 2 fully saturated rings. The standard InChI is InChI=1S/C14H18N2O/c15-14(17)13(16-10-7-8-10)12-4-2-1-3-11(12)9-5-6-9/h1-4,9-10,13,16H,5-8H2,(H2,15,17). The number of benzene rings is 1. The first-order valence-electron chi connectivity index (χ1n) is 6.40. The van der Waals surface area contributed by atoms with Crippen molar-refractivity contribution in [3.8, 4) is 0 Å². The highest BCUT2D eigenvalue weighted by molar-refractivity contribution is 5.82. The molecule has 1 aromatic rings. The van der Waals surface area contributed by atoms with Crippen molar-refractivity contribution in [2.45, 2.75) is 43.7 Å². The maximum Gasteiger partial charge on any atom is 0.239 e. The average Bonchev–Trinajstić information content (AvgIpc) is 3.17. The summed E-state index contributed by atoms with van der Waals surface area (Å²) in [5, 5.41) is 3.36. The van der Waals surface area contributed by atoms with E-state index in [-0.39, 0.29) is 11.9 Å². The van der Waals surface area contributed by atoms with Gasteiger partial charge in [-0.3, -0.25) is 10.1 Å². The molecular weight excluding hydrogens is 212 g/mol. The minimum absolute atomic E-state index is 0.259. The van der Waals surface area contributed by atoms with E-state index in [0.29, 0.717) is 12.0 Å². The molecule has 0 bridgehead atoms. The van der Waals surface area contributed by atoms with Crippen LogP contribution in [0.15, 0.2) is 24.3 Å². The van der Waals surface area contributed by atoms with Crippen molar-refractivity contribution in [2.75, 3.05) is 0 Å². The average molecular weight is 230 g/mol. The molecule has 3 N–H and O–H groups in total. The quantitative estimate of drug-likeness (QED) is 0.811. The predicted octanol–water partition coefficient (Wildman–Crippen LogP) is 1.84. The summed E-state index contributed by atoms with van der Waals surface area (Å²) in [5.41, 5.74) is 7.93. The molecule has 0 heterocycles. The molecule has 1 amide bonds. The second-order valence-corrected chi connectivity index (χ2v) is 5.18. The summed E-state index contributed by atoms with van der Waals surface area (Å²) in [4.78, 5) is 11.6. The summed E-state index contributed by atoms with van der Waals surface area (Å²) in [5.74, 6) is 0.388. The zero-order chi connectivity index (χ0) is 11.8. The van der Waals surface area contributed by atoms with Gasteiger partial charge in [0.2, 0.25) is 5.91 Å². The third kappa shape index (κ3) is 2.34. The lowest BCUT2D eigenvalue weighted by Gasteiger charge is -2.18. The number of primary amides is 1. The first-order chi connectivity index (χ1) is 8.25. The van der Waals surface area contributed by atoms with Crippen molar-refractivity contribution in [2.24, 2.45) is 5.73 Å². The molecule has 0 aliphatic heterocycles. The van der Waals surface area contributed by atoms with Gasteiger partial charge in [0.25, 0.3) is 0 Å². The molecule has 2 aliphatic rings. The molecule has 3 rings (SSSR count). The van der Waals surface area contributed by atoms with Crippen molar-refractivity contribution in [1.29, 1.82) is 0 Å². The van der Waals surface area contributed by atoms with Crippen LogP contribution >= 0.6 is 0 Å². The Balaban J connectivity index is 1.90. The summed E-state index contributed by atoms with van der Waals surface area (Å²) in [6, 6.07) is 8.40. The van der Waals surface area contributed by atoms with Gasteiger partial charge in [0.05, 0.1) is 0 Å². The highest BCUT2D eigenvalue weighted by Gasteiger charge is 2.33. The molecular formula is C14H18N2O. The van der Waals surface area contributed by atoms with Gasteiger partial charge in [-0.15, -0.1) is 0 Å². The van der Waals surface area contributed by atoms with Gasteiger partial charge in [0.15, 0.2) is 0 Å². The largest absolute Gasteiger partial charge is 0.368 e. The van der Waals surface area contributed by atoms with E-state index in [9.17, 15) is 4.79 Å². The van der Waals surface area contributed by atoms with Gasteiger partial charge in [-0.2, -0.15) is 0 Å². The third-order valence-corrected chi connectivity index (χ3v) is 3.59. The van der Waals surface area contributed by atoms with Crippen molar-refractivity contribution >= 4 is 5.91 Å². The van der Waals surface area contributed by atoms with Gasteiger partial charge in [-0.25, -0.2) is 0 Å². The molecule has 17 heavy (non-hydrogen) atoms. The molecule has 3 nitrogen and oxygen atoms in total. The fraction of sp³-hybridized carbons (Fsp3) is 0.500. The minimum Gasteiger partial charge on any atom is -0.368 e. The maximum atomic E-state index is 11.6. The first-order valence-corrected chi connectivity index (χ1v) is 6.40. The van der Waals surface area contributed by atoms with Crippen LogP contribution in [0.2, 0.25) is 0 Å². The van der Waals surface area contributed by atoms with Crippen LogP contribution in [0.4, 0.5) is 0 Å². The van der Waals surface area contributed by atoms with Gasteiger partial charge in [-0.05, 0) is 42.7 Å². The third-order valence-electron chi connectivity index (χ3n) is 3.59. The Morgan fingerprint density at radius 1 is 1.24 bits per heavy atom. The van der Waals surface area contributed by atoms with Gasteiger partial charge in [0, 0.05) is 6.04 Å². The zero-order valence-corrected chi connectivity index (χ0v) is 9.86. The molecule has 1 atom stereocenters. The lowest BCUT2D eigenvalue weighted by atomic mass is 9.96. The fourth-order valence-electron chi connectivity index (χ4n) is 2.35. The van der Waals surface area contributed by atoms with Crippen LogP contribution in [0.5, 0.6) is 0 Å². The number of carbonyl (C=O) groups excluding carboxylic acids is 1. The smallest absolute Gasteiger partial charge is 0.239 e. The summed E-state index contributed by atoms with van der Waals surface area (Å²) in [6.07, 6.45) is 4.81. The Morgan fingerprint density at radius 2 is 1.94 bits per heavy atom. The van der Waals surface area contributed by atoms with Crippen molar-refractivity contribution < 1.29 is 4.79 Å². The molecule has 3 heteroatoms. The van der Waals surface area contributed by atoms with E-state index in [1.165, 1.54) is 18.4 Å². The minimum atomic E-state index is -0.306. The summed E-state index contributed by atoms with van der Waals surface area (Å²) < 4.78 is 0. The van der Waals surface area contributed by atoms with Crippen molar-refractivity contribution in [1.82, 2.24) is 5.32 Å². The summed E-state index contributed by atoms with van der Waals surface area (Å²) >= 11 is 0. The second-order valence-electron chi connectivity index (χ2n) is 5.18. The Kier molecular flexibility index (Phi) is 2.63. The van der Waals surface area contributed by atoms with E-state index >= 15 is 0 Å². The molecule has 0 spiro atoms. The van der Waals surface area contributed by atoms with Crippen LogP contribution in [0.3, 0.4) is 0 Å². The monoisotopic (exact) mass is 230 g/mol. The van der Waals surface area contributed by atoms with Crippen LogP contribution < -0.4 is 11.1 Å². The van der Waals surface area contributed by atoms with Crippen LogP contribution in [-0.2, 0) is 4.79 Å². The predicted molar refractivity (Wildman–Crippen MR) is 66.5 cm³/mol. The molecule has 0 aromatic heterocycles. The molecule has 1 unspecified atom stereocenters. The normalized spacial score (nSPS) is 21.2. The highest BCUT2D eigenvalue weighted by atomic mass is 16.1. The molecule has 0 radical (unpaired) electrons. The number of nitrogens with two attached hydrogens (primary N) is 1. The fourth-order valence-corrected chi connectivity index (χ4v) is 2.35. The number of hydrogen-bond acceptors (Lipinski definition) is 2. The van der Waals surface area contributed by atoms with E-state index in [0.717, 1.165) is 18.4 Å². The molecule has 0 saturated heterocycles. The molecule has 1 aromatic carbocycles. The molecule has 2 aliphatic carbocycles. The molecule has 90 valence electrons. The van der Waals surface area contributed by atoms with Crippen LogP contribution in [0, 0.1) is 0 Å². The van der Waals surface area contributed by atoms with Gasteiger partial charge in [-0.1, -0.05) is 24.3 Å². The Morgan fingerprint density at radius 3 is 2.53 bits per heavy atom. The van der Waals surface area contributed by atoms with E-state index in [4.69, 9.17) is 5.73 Å². The van der Waals surface area contributed by atoms with E-state index in [2.05, 4.69) is 11.4 Å². The van der Waals surface area contributed by atoms with Crippen LogP contribution in [0.25, 0.3) is 0 Å². The van der Waals surface area contributed by atoms with Gasteiger partial charge < -0.3 is 5.73 Å². The van der Waals surface area contributed by atoms with Crippen LogP contribution in [0.1, 0.15) is 48.8 Å². The summed E-state index contributed by atoms with van der Waals surface area (Å²) in [7, 11) is 0. The van der Waals surface area contributed by atoms with E-state index < -0.39 is 0 Å². The Labute approximate surface area is 101 Å². The number of carbonyl (C=O) groups is 1. The van der Waals surface area contributed by atoms with Crippen molar-refractivity contribution in [3.63, 3.8) is 0 Å². The maximum absolute atomic E-state index is 11.6. The highest BCUT2D eigenvalue weighted by Crippen LogP contribution is 2.43. The lowest BCUT2D eigenvalue weighted by molar-refractivity contribution is -0.120. The Bertz CT molecular complexity index is 436. The van der Waals surface area contributed by atoms with Gasteiger partial charge >= 0.3 is 0 Å². The first kappa shape index (κ1) is 10.8. The van der Waals surface area contributed by atoms with Crippen LogP contribution in [-0.4, -0.2) is 11.9 Å². The number of rotatable bonds is 5. The van der Waals surface area contributed by atoms with Crippen molar-refractivity contribution in [3.05, 3.63) is 35.4 Å². The SMILES string of the molecule is NC(=O)C(NC1CC1)c1ccccc1C1CC1. The Hall–Kier alpha value is -1.35. The lowest BCUT2D eigenvalue weighted by Crippen LogP contribution is -2.35. The summed E-state index contributed by atoms with van der Waals surface area (Å²) in [6.45, 7) is 0.